The van der Waals surface area contributed by atoms with Crippen molar-refractivity contribution in [3.05, 3.63) is 11.2 Å². The van der Waals surface area contributed by atoms with Gasteiger partial charge < -0.3 is 4.74 Å². The number of carbonyl (C=O) groups excluding carboxylic acids is 1. The summed E-state index contributed by atoms with van der Waals surface area (Å²) in [4.78, 5) is 11.0. The molecule has 1 rings (SSSR count). The number of likely N-dealkylation sites (N-methyl/N-ethyl adjacent to an activating group) is 1. The Bertz CT molecular complexity index is 505. The highest BCUT2D eigenvalue weighted by Crippen LogP contribution is 2.22. The molecule has 9 heteroatoms. The van der Waals surface area contributed by atoms with Crippen LogP contribution in [0.4, 0.5) is 0 Å². The SMILES string of the molecule is COC(=O)CN(C)S(=O)(=O)c1c(Cl)cnn1C. The van der Waals surface area contributed by atoms with Crippen molar-refractivity contribution in [2.45, 2.75) is 5.03 Å². The van der Waals surface area contributed by atoms with Gasteiger partial charge in [-0.3, -0.25) is 9.48 Å². The molecule has 0 aliphatic heterocycles. The van der Waals surface area contributed by atoms with E-state index in [2.05, 4.69) is 9.84 Å². The van der Waals surface area contributed by atoms with Crippen LogP contribution >= 0.6 is 11.6 Å². The van der Waals surface area contributed by atoms with Crippen LogP contribution in [0.25, 0.3) is 0 Å². The number of nitrogens with zero attached hydrogens (tertiary/aromatic N) is 3. The average molecular weight is 282 g/mol. The molecule has 0 saturated heterocycles. The quantitative estimate of drug-likeness (QED) is 0.718. The summed E-state index contributed by atoms with van der Waals surface area (Å²) in [6, 6.07) is 0. The smallest absolute Gasteiger partial charge is 0.321 e. The second-order valence-corrected chi connectivity index (χ2v) is 5.63. The van der Waals surface area contributed by atoms with Crippen LogP contribution < -0.4 is 0 Å². The minimum Gasteiger partial charge on any atom is -0.468 e. The molecule has 0 aromatic carbocycles. The van der Waals surface area contributed by atoms with Crippen molar-refractivity contribution in [2.75, 3.05) is 20.7 Å². The van der Waals surface area contributed by atoms with Crippen LogP contribution in [0.1, 0.15) is 0 Å². The van der Waals surface area contributed by atoms with E-state index in [1.165, 1.54) is 27.4 Å². The van der Waals surface area contributed by atoms with Gasteiger partial charge in [0.25, 0.3) is 10.0 Å². The zero-order valence-corrected chi connectivity index (χ0v) is 11.1. The first-order valence-corrected chi connectivity index (χ1v) is 6.33. The molecule has 17 heavy (non-hydrogen) atoms. The predicted molar refractivity (Wildman–Crippen MR) is 60.0 cm³/mol. The van der Waals surface area contributed by atoms with Crippen LogP contribution in [-0.2, 0) is 26.6 Å². The maximum absolute atomic E-state index is 12.1. The van der Waals surface area contributed by atoms with Gasteiger partial charge >= 0.3 is 5.97 Å². The Balaban J connectivity index is 3.08. The van der Waals surface area contributed by atoms with Crippen LogP contribution in [0.3, 0.4) is 0 Å². The first kappa shape index (κ1) is 13.9. The normalized spacial score (nSPS) is 11.8. The van der Waals surface area contributed by atoms with Crippen LogP contribution in [0.2, 0.25) is 5.02 Å². The lowest BCUT2D eigenvalue weighted by Crippen LogP contribution is -2.33. The fourth-order valence-electron chi connectivity index (χ4n) is 1.17. The molecule has 0 bridgehead atoms. The van der Waals surface area contributed by atoms with E-state index in [-0.39, 0.29) is 16.6 Å². The van der Waals surface area contributed by atoms with Crippen LogP contribution in [-0.4, -0.2) is 49.2 Å². The maximum Gasteiger partial charge on any atom is 0.321 e. The Labute approximate surface area is 104 Å². The Morgan fingerprint density at radius 2 is 2.24 bits per heavy atom. The number of methoxy groups -OCH3 is 1. The molecule has 0 saturated carbocycles. The highest BCUT2D eigenvalue weighted by Gasteiger charge is 2.28. The summed E-state index contributed by atoms with van der Waals surface area (Å²) in [6.45, 7) is -0.389. The van der Waals surface area contributed by atoms with Gasteiger partial charge in [-0.05, 0) is 0 Å². The molecule has 0 amide bonds. The van der Waals surface area contributed by atoms with Gasteiger partial charge in [-0.25, -0.2) is 8.42 Å². The summed E-state index contributed by atoms with van der Waals surface area (Å²) in [5.74, 6) is -0.658. The van der Waals surface area contributed by atoms with E-state index in [0.29, 0.717) is 0 Å². The molecular weight excluding hydrogens is 270 g/mol. The number of hydrogen-bond donors (Lipinski definition) is 0. The van der Waals surface area contributed by atoms with Gasteiger partial charge in [-0.15, -0.1) is 0 Å². The molecule has 1 heterocycles. The van der Waals surface area contributed by atoms with E-state index < -0.39 is 16.0 Å². The highest BCUT2D eigenvalue weighted by molar-refractivity contribution is 7.89. The molecule has 96 valence electrons. The van der Waals surface area contributed by atoms with E-state index in [1.807, 2.05) is 0 Å². The summed E-state index contributed by atoms with van der Waals surface area (Å²) in [6.07, 6.45) is 1.22. The van der Waals surface area contributed by atoms with Gasteiger partial charge in [0.05, 0.1) is 18.3 Å². The number of esters is 1. The Hall–Kier alpha value is -1.12. The molecule has 7 nitrogen and oxygen atoms in total. The van der Waals surface area contributed by atoms with Gasteiger partial charge in [0, 0.05) is 14.1 Å². The van der Waals surface area contributed by atoms with Crippen molar-refractivity contribution in [1.82, 2.24) is 14.1 Å². The molecule has 1 aromatic rings. The number of carbonyl (C=O) groups is 1. The van der Waals surface area contributed by atoms with E-state index in [9.17, 15) is 13.2 Å². The topological polar surface area (TPSA) is 81.5 Å². The third-order valence-electron chi connectivity index (χ3n) is 2.08. The zero-order valence-electron chi connectivity index (χ0n) is 9.55. The number of aromatic nitrogens is 2. The first-order valence-electron chi connectivity index (χ1n) is 4.51. The fraction of sp³-hybridized carbons (Fsp3) is 0.500. The molecule has 0 aliphatic rings. The van der Waals surface area contributed by atoms with Gasteiger partial charge in [0.15, 0.2) is 5.03 Å². The van der Waals surface area contributed by atoms with Crippen LogP contribution in [0.5, 0.6) is 0 Å². The second kappa shape index (κ2) is 5.03. The van der Waals surface area contributed by atoms with E-state index in [4.69, 9.17) is 11.6 Å². The Morgan fingerprint density at radius 1 is 1.65 bits per heavy atom. The Morgan fingerprint density at radius 3 is 2.65 bits per heavy atom. The van der Waals surface area contributed by atoms with Gasteiger partial charge in [-0.2, -0.15) is 9.40 Å². The van der Waals surface area contributed by atoms with Crippen LogP contribution in [0, 0.1) is 0 Å². The lowest BCUT2D eigenvalue weighted by atomic mass is 10.7. The molecule has 0 N–H and O–H groups in total. The van der Waals surface area contributed by atoms with E-state index in [0.717, 1.165) is 8.99 Å². The number of aryl methyl sites for hydroxylation is 1. The summed E-state index contributed by atoms with van der Waals surface area (Å²) in [5, 5.41) is 3.57. The van der Waals surface area contributed by atoms with Crippen molar-refractivity contribution < 1.29 is 17.9 Å². The third-order valence-corrected chi connectivity index (χ3v) is 4.39. The number of sulfonamides is 1. The first-order chi connectivity index (χ1) is 7.80. The van der Waals surface area contributed by atoms with Gasteiger partial charge in [0.1, 0.15) is 6.54 Å². The number of rotatable bonds is 4. The molecule has 1 aromatic heterocycles. The van der Waals surface area contributed by atoms with Gasteiger partial charge in [-0.1, -0.05) is 11.6 Å². The maximum atomic E-state index is 12.1. The number of hydrogen-bond acceptors (Lipinski definition) is 5. The summed E-state index contributed by atoms with van der Waals surface area (Å²) in [7, 11) is 0.0279. The molecule has 0 fully saturated rings. The summed E-state index contributed by atoms with van der Waals surface area (Å²) >= 11 is 5.74. The number of halogens is 1. The minimum atomic E-state index is -3.86. The summed E-state index contributed by atoms with van der Waals surface area (Å²) in [5.41, 5.74) is 0. The highest BCUT2D eigenvalue weighted by atomic mass is 35.5. The van der Waals surface area contributed by atoms with Crippen LogP contribution in [0.15, 0.2) is 11.2 Å². The molecular formula is C8H12ClN3O4S. The second-order valence-electron chi connectivity index (χ2n) is 3.26. The molecule has 0 unspecified atom stereocenters. The molecule has 0 atom stereocenters. The monoisotopic (exact) mass is 281 g/mol. The van der Waals surface area contributed by atoms with Crippen molar-refractivity contribution in [3.63, 3.8) is 0 Å². The van der Waals surface area contributed by atoms with Crippen molar-refractivity contribution in [3.8, 4) is 0 Å². The van der Waals surface area contributed by atoms with E-state index in [1.54, 1.807) is 0 Å². The minimum absolute atomic E-state index is 0.00390. The van der Waals surface area contributed by atoms with Gasteiger partial charge in [0.2, 0.25) is 0 Å². The number of ether oxygens (including phenoxy) is 1. The standard InChI is InChI=1S/C8H12ClN3O4S/c1-11(5-7(13)16-3)17(14,15)8-6(9)4-10-12(8)2/h4H,5H2,1-3H3. The fourth-order valence-corrected chi connectivity index (χ4v) is 2.88. The largest absolute Gasteiger partial charge is 0.468 e. The lowest BCUT2D eigenvalue weighted by molar-refractivity contribution is -0.140. The zero-order chi connectivity index (χ0) is 13.2. The van der Waals surface area contributed by atoms with E-state index >= 15 is 0 Å². The van der Waals surface area contributed by atoms with Crippen molar-refractivity contribution >= 4 is 27.6 Å². The summed E-state index contributed by atoms with van der Waals surface area (Å²) < 4.78 is 30.5. The molecule has 0 aliphatic carbocycles. The molecule has 0 radical (unpaired) electrons. The predicted octanol–water partition coefficient (Wildman–Crippen LogP) is -0.133. The van der Waals surface area contributed by atoms with Crippen molar-refractivity contribution in [1.29, 1.82) is 0 Å². The third kappa shape index (κ3) is 2.76. The molecule has 0 spiro atoms. The lowest BCUT2D eigenvalue weighted by Gasteiger charge is -2.15. The van der Waals surface area contributed by atoms with Crippen molar-refractivity contribution in [2.24, 2.45) is 7.05 Å². The average Bonchev–Trinajstić information content (AvgIpc) is 2.58. The Kier molecular flexibility index (Phi) is 4.12.